The Bertz CT molecular complexity index is 1120. The van der Waals surface area contributed by atoms with Crippen LogP contribution in [0.5, 0.6) is 0 Å². The van der Waals surface area contributed by atoms with E-state index in [1.54, 1.807) is 41.1 Å². The van der Waals surface area contributed by atoms with Gasteiger partial charge in [0.05, 0.1) is 12.8 Å². The number of carbonyl (C=O) groups excluding carboxylic acids is 3. The highest BCUT2D eigenvalue weighted by molar-refractivity contribution is 6.32. The van der Waals surface area contributed by atoms with Crippen LogP contribution in [-0.2, 0) is 25.7 Å². The zero-order chi connectivity index (χ0) is 19.7. The maximum Gasteiger partial charge on any atom is 0.325 e. The molecule has 3 aromatic rings. The highest BCUT2D eigenvalue weighted by Gasteiger charge is 2.34. The number of ether oxygens (including phenoxy) is 1. The molecule has 0 radical (unpaired) electrons. The van der Waals surface area contributed by atoms with Gasteiger partial charge in [-0.25, -0.2) is 5.01 Å². The Morgan fingerprint density at radius 3 is 2.54 bits per heavy atom. The molecule has 1 aliphatic heterocycles. The van der Waals surface area contributed by atoms with Crippen LogP contribution >= 0.6 is 0 Å². The molecule has 0 saturated carbocycles. The first kappa shape index (κ1) is 17.5. The van der Waals surface area contributed by atoms with E-state index in [1.165, 1.54) is 12.1 Å². The van der Waals surface area contributed by atoms with Crippen LogP contribution in [0.1, 0.15) is 5.56 Å². The van der Waals surface area contributed by atoms with Gasteiger partial charge < -0.3 is 9.30 Å². The van der Waals surface area contributed by atoms with Gasteiger partial charge in [0, 0.05) is 22.7 Å². The van der Waals surface area contributed by atoms with Crippen LogP contribution in [0.15, 0.2) is 66.4 Å². The van der Waals surface area contributed by atoms with Crippen molar-refractivity contribution in [3.8, 4) is 0 Å². The third-order valence-corrected chi connectivity index (χ3v) is 4.55. The van der Waals surface area contributed by atoms with Crippen molar-refractivity contribution in [2.45, 2.75) is 6.54 Å². The van der Waals surface area contributed by atoms with Gasteiger partial charge in [-0.3, -0.25) is 19.8 Å². The minimum atomic E-state index is -0.473. The fraction of sp³-hybridized carbons (Fsp3) is 0.0952. The summed E-state index contributed by atoms with van der Waals surface area (Å²) in [5.41, 5.74) is 4.68. The molecule has 2 aromatic carbocycles. The number of esters is 1. The Morgan fingerprint density at radius 1 is 1.07 bits per heavy atom. The molecule has 0 atom stereocenters. The average Bonchev–Trinajstić information content (AvgIpc) is 3.21. The number of aromatic nitrogens is 1. The molecular weight excluding hydrogens is 358 g/mol. The Kier molecular flexibility index (Phi) is 4.41. The monoisotopic (exact) mass is 375 g/mol. The average molecular weight is 375 g/mol. The summed E-state index contributed by atoms with van der Waals surface area (Å²) >= 11 is 0. The van der Waals surface area contributed by atoms with Crippen LogP contribution in [0.25, 0.3) is 17.0 Å². The second kappa shape index (κ2) is 7.03. The van der Waals surface area contributed by atoms with Crippen molar-refractivity contribution < 1.29 is 19.1 Å². The number of hydrogen-bond donors (Lipinski definition) is 1. The molecule has 4 rings (SSSR count). The highest BCUT2D eigenvalue weighted by Crippen LogP contribution is 2.26. The topological polar surface area (TPSA) is 80.6 Å². The zero-order valence-corrected chi connectivity index (χ0v) is 15.1. The molecule has 1 saturated heterocycles. The molecule has 1 N–H and O–H groups in total. The van der Waals surface area contributed by atoms with Crippen molar-refractivity contribution in [3.63, 3.8) is 0 Å². The largest absolute Gasteiger partial charge is 0.468 e. The van der Waals surface area contributed by atoms with Crippen LogP contribution in [0.2, 0.25) is 0 Å². The Balaban J connectivity index is 1.74. The van der Waals surface area contributed by atoms with E-state index >= 15 is 0 Å². The summed E-state index contributed by atoms with van der Waals surface area (Å²) in [6.45, 7) is 0.0382. The van der Waals surface area contributed by atoms with E-state index in [-0.39, 0.29) is 18.1 Å². The SMILES string of the molecule is COC(=O)Cn1cc(/C=C2/C(=O)NN(c3ccccc3)C2=O)c2ccccc21. The lowest BCUT2D eigenvalue weighted by Gasteiger charge is -2.13. The maximum absolute atomic E-state index is 12.8. The summed E-state index contributed by atoms with van der Waals surface area (Å²) < 4.78 is 6.48. The van der Waals surface area contributed by atoms with E-state index in [0.29, 0.717) is 11.3 Å². The number of rotatable bonds is 4. The predicted octanol–water partition coefficient (Wildman–Crippen LogP) is 2.28. The van der Waals surface area contributed by atoms with Gasteiger partial charge in [-0.05, 0) is 24.3 Å². The van der Waals surface area contributed by atoms with Gasteiger partial charge in [-0.1, -0.05) is 36.4 Å². The quantitative estimate of drug-likeness (QED) is 0.431. The highest BCUT2D eigenvalue weighted by atomic mass is 16.5. The number of nitrogens with one attached hydrogen (secondary N) is 1. The fourth-order valence-corrected chi connectivity index (χ4v) is 3.20. The number of hydrogen-bond acceptors (Lipinski definition) is 4. The summed E-state index contributed by atoms with van der Waals surface area (Å²) in [6.07, 6.45) is 3.29. The minimum absolute atomic E-state index is 0.0322. The number of benzene rings is 2. The van der Waals surface area contributed by atoms with Crippen LogP contribution in [0.4, 0.5) is 5.69 Å². The van der Waals surface area contributed by atoms with Gasteiger partial charge in [0.1, 0.15) is 12.1 Å². The van der Waals surface area contributed by atoms with Crippen molar-refractivity contribution in [3.05, 3.63) is 71.9 Å². The van der Waals surface area contributed by atoms with Crippen LogP contribution in [-0.4, -0.2) is 29.5 Å². The third kappa shape index (κ3) is 3.03. The third-order valence-electron chi connectivity index (χ3n) is 4.55. The van der Waals surface area contributed by atoms with Crippen LogP contribution < -0.4 is 10.4 Å². The fourth-order valence-electron chi connectivity index (χ4n) is 3.20. The summed E-state index contributed by atoms with van der Waals surface area (Å²) in [6, 6.07) is 16.4. The van der Waals surface area contributed by atoms with Crippen LogP contribution in [0.3, 0.4) is 0 Å². The summed E-state index contributed by atoms with van der Waals surface area (Å²) in [5.74, 6) is -1.29. The van der Waals surface area contributed by atoms with Gasteiger partial charge in [0.25, 0.3) is 11.8 Å². The number of para-hydroxylation sites is 2. The normalized spacial score (nSPS) is 15.3. The lowest BCUT2D eigenvalue weighted by molar-refractivity contribution is -0.141. The lowest BCUT2D eigenvalue weighted by Crippen LogP contribution is -2.35. The maximum atomic E-state index is 12.8. The number of fused-ring (bicyclic) bond motifs is 1. The number of amides is 2. The molecule has 28 heavy (non-hydrogen) atoms. The van der Waals surface area contributed by atoms with Crippen LogP contribution in [0, 0.1) is 0 Å². The molecule has 7 heteroatoms. The second-order valence-electron chi connectivity index (χ2n) is 6.28. The van der Waals surface area contributed by atoms with Crippen molar-refractivity contribution in [1.82, 2.24) is 9.99 Å². The Labute approximate surface area is 160 Å². The van der Waals surface area contributed by atoms with E-state index in [1.807, 2.05) is 30.3 Å². The van der Waals surface area contributed by atoms with E-state index in [4.69, 9.17) is 4.74 Å². The Hall–Kier alpha value is -3.87. The number of nitrogens with zero attached hydrogens (tertiary/aromatic N) is 2. The van der Waals surface area contributed by atoms with E-state index < -0.39 is 11.8 Å². The first-order valence-electron chi connectivity index (χ1n) is 8.65. The van der Waals surface area contributed by atoms with Gasteiger partial charge >= 0.3 is 5.97 Å². The van der Waals surface area contributed by atoms with Gasteiger partial charge in [0.15, 0.2) is 0 Å². The molecule has 140 valence electrons. The number of hydrazine groups is 1. The summed E-state index contributed by atoms with van der Waals surface area (Å²) in [7, 11) is 1.33. The van der Waals surface area contributed by atoms with Crippen molar-refractivity contribution in [2.75, 3.05) is 12.1 Å². The zero-order valence-electron chi connectivity index (χ0n) is 15.1. The summed E-state index contributed by atoms with van der Waals surface area (Å²) in [4.78, 5) is 36.9. The van der Waals surface area contributed by atoms with Crippen molar-refractivity contribution in [1.29, 1.82) is 0 Å². The van der Waals surface area contributed by atoms with Gasteiger partial charge in [-0.15, -0.1) is 0 Å². The molecule has 2 heterocycles. The molecule has 1 aromatic heterocycles. The first-order chi connectivity index (χ1) is 13.6. The second-order valence-corrected chi connectivity index (χ2v) is 6.28. The molecule has 2 amide bonds. The van der Waals surface area contributed by atoms with E-state index in [0.717, 1.165) is 10.9 Å². The molecule has 0 spiro atoms. The van der Waals surface area contributed by atoms with Gasteiger partial charge in [-0.2, -0.15) is 0 Å². The van der Waals surface area contributed by atoms with Crippen molar-refractivity contribution >= 4 is 40.4 Å². The summed E-state index contributed by atoms with van der Waals surface area (Å²) in [5, 5.41) is 2.06. The molecule has 0 aliphatic carbocycles. The smallest absolute Gasteiger partial charge is 0.325 e. The molecule has 0 bridgehead atoms. The number of anilines is 1. The molecule has 0 unspecified atom stereocenters. The molecule has 7 nitrogen and oxygen atoms in total. The van der Waals surface area contributed by atoms with E-state index in [9.17, 15) is 14.4 Å². The van der Waals surface area contributed by atoms with Gasteiger partial charge in [0.2, 0.25) is 0 Å². The first-order valence-corrected chi connectivity index (χ1v) is 8.65. The minimum Gasteiger partial charge on any atom is -0.468 e. The van der Waals surface area contributed by atoms with Crippen molar-refractivity contribution in [2.24, 2.45) is 0 Å². The number of methoxy groups -OCH3 is 1. The number of carbonyl (C=O) groups is 3. The standard InChI is InChI=1S/C21H17N3O4/c1-28-19(25)13-23-12-14(16-9-5-6-10-18(16)23)11-17-20(26)22-24(21(17)27)15-7-3-2-4-8-15/h2-12H,13H2,1H3,(H,22,26)/b17-11-. The molecular formula is C21H17N3O4. The lowest BCUT2D eigenvalue weighted by atomic mass is 10.1. The molecule has 1 aliphatic rings. The Morgan fingerprint density at radius 2 is 1.79 bits per heavy atom. The molecule has 1 fully saturated rings. The van der Waals surface area contributed by atoms with E-state index in [2.05, 4.69) is 5.43 Å². The predicted molar refractivity (Wildman–Crippen MR) is 104 cm³/mol.